The van der Waals surface area contributed by atoms with Crippen molar-refractivity contribution in [3.8, 4) is 0 Å². The Labute approximate surface area is 184 Å². The van der Waals surface area contributed by atoms with Crippen LogP contribution in [-0.4, -0.2) is 61.4 Å². The van der Waals surface area contributed by atoms with Crippen molar-refractivity contribution in [1.29, 1.82) is 0 Å². The van der Waals surface area contributed by atoms with E-state index in [1.54, 1.807) is 20.2 Å². The molecule has 8 nitrogen and oxygen atoms in total. The monoisotopic (exact) mass is 502 g/mol. The van der Waals surface area contributed by atoms with Crippen LogP contribution in [0.2, 0.25) is 0 Å². The molecule has 0 aromatic carbocycles. The van der Waals surface area contributed by atoms with E-state index in [4.69, 9.17) is 0 Å². The van der Waals surface area contributed by atoms with Crippen LogP contribution in [0.25, 0.3) is 0 Å². The Bertz CT molecular complexity index is 674. The molecule has 1 aromatic rings. The number of carbonyl (C=O) groups excluding carboxylic acids is 2. The van der Waals surface area contributed by atoms with Gasteiger partial charge in [0.05, 0.1) is 0 Å². The summed E-state index contributed by atoms with van der Waals surface area (Å²) in [5.41, 5.74) is 0.867. The highest BCUT2D eigenvalue weighted by molar-refractivity contribution is 14.0. The van der Waals surface area contributed by atoms with Crippen molar-refractivity contribution >= 4 is 47.6 Å². The number of hydrogen-bond donors (Lipinski definition) is 3. The van der Waals surface area contributed by atoms with Gasteiger partial charge in [0.15, 0.2) is 5.96 Å². The fourth-order valence-corrected chi connectivity index (χ4v) is 3.15. The summed E-state index contributed by atoms with van der Waals surface area (Å²) in [7, 11) is 3.42. The van der Waals surface area contributed by atoms with Crippen molar-refractivity contribution in [3.05, 3.63) is 23.9 Å². The van der Waals surface area contributed by atoms with Crippen LogP contribution in [-0.2, 0) is 9.59 Å². The maximum Gasteiger partial charge on any atom is 0.227 e. The Kier molecular flexibility index (Phi) is 10.8. The fraction of sp³-hybridized carbons (Fsp3) is 0.579. The summed E-state index contributed by atoms with van der Waals surface area (Å²) < 4.78 is 0. The van der Waals surface area contributed by atoms with E-state index in [0.29, 0.717) is 31.1 Å². The van der Waals surface area contributed by atoms with Crippen molar-refractivity contribution in [1.82, 2.24) is 20.5 Å². The second kappa shape index (κ2) is 12.5. The molecular weight excluding hydrogens is 471 g/mol. The molecular formula is C19H31IN6O2. The standard InChI is InChI=1S/C19H30N6O2.HI/c1-14-5-4-6-16(23-14)24-17(26)7-10-22-19(21-3)25-11-8-15(9-12-25)13-18(27)20-2;/h4-6,15H,7-13H2,1-3H3,(H,20,27)(H,21,22)(H,23,24,26);1H. The molecule has 3 N–H and O–H groups in total. The topological polar surface area (TPSA) is 98.7 Å². The molecule has 2 heterocycles. The number of aromatic nitrogens is 1. The zero-order valence-corrected chi connectivity index (χ0v) is 19.2. The largest absolute Gasteiger partial charge is 0.359 e. The average Bonchev–Trinajstić information content (AvgIpc) is 2.66. The summed E-state index contributed by atoms with van der Waals surface area (Å²) in [6, 6.07) is 5.53. The summed E-state index contributed by atoms with van der Waals surface area (Å²) in [5, 5.41) is 8.74. The Hall–Kier alpha value is -1.91. The minimum Gasteiger partial charge on any atom is -0.359 e. The first-order chi connectivity index (χ1) is 13.0. The number of nitrogens with one attached hydrogen (secondary N) is 3. The van der Waals surface area contributed by atoms with Gasteiger partial charge in [0.25, 0.3) is 0 Å². The third-order valence-electron chi connectivity index (χ3n) is 4.67. The van der Waals surface area contributed by atoms with Gasteiger partial charge in [0.1, 0.15) is 5.82 Å². The van der Waals surface area contributed by atoms with E-state index in [1.165, 1.54) is 0 Å². The van der Waals surface area contributed by atoms with Crippen LogP contribution < -0.4 is 16.0 Å². The van der Waals surface area contributed by atoms with Gasteiger partial charge in [-0.1, -0.05) is 6.07 Å². The number of guanidine groups is 1. The van der Waals surface area contributed by atoms with E-state index >= 15 is 0 Å². The lowest BCUT2D eigenvalue weighted by Gasteiger charge is -2.34. The first-order valence-corrected chi connectivity index (χ1v) is 9.41. The molecule has 1 aliphatic heterocycles. The van der Waals surface area contributed by atoms with Crippen LogP contribution in [0.3, 0.4) is 0 Å². The second-order valence-corrected chi connectivity index (χ2v) is 6.74. The van der Waals surface area contributed by atoms with Crippen LogP contribution in [0.4, 0.5) is 5.82 Å². The number of anilines is 1. The maximum absolute atomic E-state index is 12.1. The lowest BCUT2D eigenvalue weighted by atomic mass is 9.93. The molecule has 0 atom stereocenters. The summed E-state index contributed by atoms with van der Waals surface area (Å²) in [5.74, 6) is 1.81. The van der Waals surface area contributed by atoms with Crippen LogP contribution in [0.1, 0.15) is 31.4 Å². The van der Waals surface area contributed by atoms with Gasteiger partial charge in [-0.05, 0) is 37.8 Å². The van der Waals surface area contributed by atoms with Gasteiger partial charge in [0.2, 0.25) is 11.8 Å². The van der Waals surface area contributed by atoms with Crippen LogP contribution in [0, 0.1) is 12.8 Å². The molecule has 0 unspecified atom stereocenters. The average molecular weight is 502 g/mol. The van der Waals surface area contributed by atoms with E-state index in [-0.39, 0.29) is 35.8 Å². The van der Waals surface area contributed by atoms with Gasteiger partial charge < -0.3 is 20.9 Å². The Balaban J connectivity index is 0.00000392. The molecule has 28 heavy (non-hydrogen) atoms. The van der Waals surface area contributed by atoms with Crippen LogP contribution in [0.15, 0.2) is 23.2 Å². The lowest BCUT2D eigenvalue weighted by Crippen LogP contribution is -2.46. The molecule has 1 aromatic heterocycles. The van der Waals surface area contributed by atoms with Crippen molar-refractivity contribution in [3.63, 3.8) is 0 Å². The van der Waals surface area contributed by atoms with Gasteiger partial charge in [0, 0.05) is 52.3 Å². The van der Waals surface area contributed by atoms with Gasteiger partial charge in [-0.25, -0.2) is 4.98 Å². The zero-order valence-electron chi connectivity index (χ0n) is 16.8. The lowest BCUT2D eigenvalue weighted by molar-refractivity contribution is -0.121. The number of amides is 2. The highest BCUT2D eigenvalue weighted by Gasteiger charge is 2.23. The number of hydrogen-bond acceptors (Lipinski definition) is 4. The molecule has 1 aliphatic rings. The smallest absolute Gasteiger partial charge is 0.227 e. The molecule has 156 valence electrons. The summed E-state index contributed by atoms with van der Waals surface area (Å²) in [6.07, 6.45) is 2.85. The molecule has 0 spiro atoms. The molecule has 9 heteroatoms. The van der Waals surface area contributed by atoms with Gasteiger partial charge >= 0.3 is 0 Å². The third kappa shape index (κ3) is 7.99. The first-order valence-electron chi connectivity index (χ1n) is 9.41. The number of nitrogens with zero attached hydrogens (tertiary/aromatic N) is 3. The minimum absolute atomic E-state index is 0. The van der Waals surface area contributed by atoms with E-state index in [1.807, 2.05) is 19.1 Å². The van der Waals surface area contributed by atoms with Crippen LogP contribution in [0.5, 0.6) is 0 Å². The Morgan fingerprint density at radius 1 is 1.25 bits per heavy atom. The number of pyridine rings is 1. The zero-order chi connectivity index (χ0) is 19.6. The number of rotatable bonds is 6. The highest BCUT2D eigenvalue weighted by atomic mass is 127. The molecule has 0 radical (unpaired) electrons. The van der Waals surface area contributed by atoms with Crippen molar-refractivity contribution in [2.45, 2.75) is 32.6 Å². The van der Waals surface area contributed by atoms with E-state index < -0.39 is 0 Å². The van der Waals surface area contributed by atoms with E-state index in [0.717, 1.165) is 37.6 Å². The fourth-order valence-electron chi connectivity index (χ4n) is 3.15. The Morgan fingerprint density at radius 2 is 1.96 bits per heavy atom. The molecule has 0 bridgehead atoms. The number of likely N-dealkylation sites (tertiary alicyclic amines) is 1. The van der Waals surface area contributed by atoms with Crippen molar-refractivity contribution in [2.75, 3.05) is 39.0 Å². The molecule has 2 rings (SSSR count). The van der Waals surface area contributed by atoms with Gasteiger partial charge in [-0.3, -0.25) is 14.6 Å². The summed E-state index contributed by atoms with van der Waals surface area (Å²) in [6.45, 7) is 4.11. The third-order valence-corrected chi connectivity index (χ3v) is 4.67. The number of carbonyl (C=O) groups is 2. The Morgan fingerprint density at radius 3 is 2.57 bits per heavy atom. The SMILES string of the molecule is CN=C(NCCC(=O)Nc1cccc(C)n1)N1CCC(CC(=O)NC)CC1.I. The molecule has 0 saturated carbocycles. The quantitative estimate of drug-likeness (QED) is 0.313. The second-order valence-electron chi connectivity index (χ2n) is 6.74. The maximum atomic E-state index is 12.1. The normalized spacial score (nSPS) is 14.8. The van der Waals surface area contributed by atoms with Gasteiger partial charge in [-0.2, -0.15) is 0 Å². The number of aryl methyl sites for hydroxylation is 1. The number of aliphatic imine (C=N–C) groups is 1. The molecule has 2 amide bonds. The molecule has 1 saturated heterocycles. The minimum atomic E-state index is -0.0830. The van der Waals surface area contributed by atoms with E-state index in [9.17, 15) is 9.59 Å². The number of halogens is 1. The first kappa shape index (κ1) is 24.1. The van der Waals surface area contributed by atoms with Crippen molar-refractivity contribution < 1.29 is 9.59 Å². The summed E-state index contributed by atoms with van der Waals surface area (Å²) >= 11 is 0. The predicted octanol–water partition coefficient (Wildman–Crippen LogP) is 1.76. The summed E-state index contributed by atoms with van der Waals surface area (Å²) in [4.78, 5) is 34.3. The molecule has 1 fully saturated rings. The van der Waals surface area contributed by atoms with Crippen LogP contribution >= 0.6 is 24.0 Å². The van der Waals surface area contributed by atoms with Crippen molar-refractivity contribution in [2.24, 2.45) is 10.9 Å². The molecule has 0 aliphatic carbocycles. The highest BCUT2D eigenvalue weighted by Crippen LogP contribution is 2.20. The van der Waals surface area contributed by atoms with Gasteiger partial charge in [-0.15, -0.1) is 24.0 Å². The number of piperidine rings is 1. The van der Waals surface area contributed by atoms with E-state index in [2.05, 4.69) is 30.8 Å². The predicted molar refractivity (Wildman–Crippen MR) is 122 cm³/mol.